The van der Waals surface area contributed by atoms with Crippen molar-refractivity contribution in [2.24, 2.45) is 0 Å². The van der Waals surface area contributed by atoms with E-state index in [2.05, 4.69) is 76.4 Å². The highest BCUT2D eigenvalue weighted by molar-refractivity contribution is 7.10. The number of hydrogen-bond acceptors (Lipinski definition) is 1. The molecule has 1 heteroatoms. The third-order valence-electron chi connectivity index (χ3n) is 3.59. The Hall–Kier alpha value is -1.08. The Morgan fingerprint density at radius 1 is 0.947 bits per heavy atom. The largest absolute Gasteiger partial charge is 0.148 e. The van der Waals surface area contributed by atoms with Crippen molar-refractivity contribution in [3.05, 3.63) is 57.8 Å². The van der Waals surface area contributed by atoms with Crippen LogP contribution in [0.3, 0.4) is 0 Å². The van der Waals surface area contributed by atoms with Crippen LogP contribution in [0.5, 0.6) is 0 Å². The van der Waals surface area contributed by atoms with Crippen molar-refractivity contribution in [3.63, 3.8) is 0 Å². The van der Waals surface area contributed by atoms with Gasteiger partial charge in [-0.25, -0.2) is 0 Å². The Labute approximate surface area is 121 Å². The van der Waals surface area contributed by atoms with Crippen LogP contribution in [0.1, 0.15) is 50.6 Å². The molecule has 0 unspecified atom stereocenters. The van der Waals surface area contributed by atoms with Gasteiger partial charge in [-0.1, -0.05) is 65.0 Å². The van der Waals surface area contributed by atoms with Crippen LogP contribution in [0.2, 0.25) is 0 Å². The fourth-order valence-corrected chi connectivity index (χ4v) is 3.37. The van der Waals surface area contributed by atoms with Crippen molar-refractivity contribution in [1.82, 2.24) is 0 Å². The summed E-state index contributed by atoms with van der Waals surface area (Å²) in [6.07, 6.45) is 1.10. The fourth-order valence-electron chi connectivity index (χ4n) is 2.36. The molecule has 19 heavy (non-hydrogen) atoms. The average Bonchev–Trinajstić information content (AvgIpc) is 2.78. The molecule has 1 heterocycles. The van der Waals surface area contributed by atoms with Gasteiger partial charge in [0.2, 0.25) is 0 Å². The molecule has 102 valence electrons. The Balaban J connectivity index is 2.19. The highest BCUT2D eigenvalue weighted by atomic mass is 32.1. The van der Waals surface area contributed by atoms with Gasteiger partial charge in [0.25, 0.3) is 0 Å². The molecule has 0 atom stereocenters. The highest BCUT2D eigenvalue weighted by Crippen LogP contribution is 2.33. The molecule has 0 N–H and O–H groups in total. The normalized spacial score (nSPS) is 12.7. The third kappa shape index (κ3) is 3.48. The molecular weight excluding hydrogens is 248 g/mol. The summed E-state index contributed by atoms with van der Waals surface area (Å²) in [6, 6.07) is 13.2. The summed E-state index contributed by atoms with van der Waals surface area (Å²) in [6.45, 7) is 11.5. The van der Waals surface area contributed by atoms with Crippen molar-refractivity contribution < 1.29 is 0 Å². The van der Waals surface area contributed by atoms with Gasteiger partial charge >= 0.3 is 0 Å². The zero-order chi connectivity index (χ0) is 14.1. The summed E-state index contributed by atoms with van der Waals surface area (Å²) in [7, 11) is 0. The van der Waals surface area contributed by atoms with Gasteiger partial charge in [-0.3, -0.25) is 0 Å². The molecule has 0 aliphatic rings. The van der Waals surface area contributed by atoms with Gasteiger partial charge in [0, 0.05) is 4.88 Å². The van der Waals surface area contributed by atoms with Crippen LogP contribution in [-0.4, -0.2) is 0 Å². The van der Waals surface area contributed by atoms with Crippen LogP contribution in [0.25, 0.3) is 0 Å². The fraction of sp³-hybridized carbons (Fsp3) is 0.444. The Morgan fingerprint density at radius 3 is 2.11 bits per heavy atom. The van der Waals surface area contributed by atoms with E-state index < -0.39 is 0 Å². The lowest BCUT2D eigenvalue weighted by Gasteiger charge is -2.25. The third-order valence-corrected chi connectivity index (χ3v) is 5.00. The van der Waals surface area contributed by atoms with E-state index in [1.54, 1.807) is 0 Å². The number of hydrogen-bond donors (Lipinski definition) is 0. The quantitative estimate of drug-likeness (QED) is 0.685. The summed E-state index contributed by atoms with van der Waals surface area (Å²) in [4.78, 5) is 1.48. The van der Waals surface area contributed by atoms with Crippen LogP contribution >= 0.6 is 11.3 Å². The monoisotopic (exact) mass is 272 g/mol. The smallest absolute Gasteiger partial charge is 0.0102 e. The molecule has 0 radical (unpaired) electrons. The molecule has 0 saturated heterocycles. The van der Waals surface area contributed by atoms with E-state index >= 15 is 0 Å². The zero-order valence-corrected chi connectivity index (χ0v) is 13.5. The van der Waals surface area contributed by atoms with Crippen LogP contribution in [0.15, 0.2) is 41.8 Å². The molecule has 0 aliphatic carbocycles. The van der Waals surface area contributed by atoms with E-state index in [0.717, 1.165) is 6.42 Å². The second kappa shape index (κ2) is 5.13. The second-order valence-electron chi connectivity index (χ2n) is 7.00. The van der Waals surface area contributed by atoms with Gasteiger partial charge in [-0.15, -0.1) is 11.3 Å². The lowest BCUT2D eigenvalue weighted by atomic mass is 9.79. The second-order valence-corrected chi connectivity index (χ2v) is 7.91. The molecule has 0 fully saturated rings. The molecule has 0 saturated carbocycles. The molecule has 0 aliphatic heterocycles. The van der Waals surface area contributed by atoms with Crippen LogP contribution in [-0.2, 0) is 17.3 Å². The molecule has 0 spiro atoms. The van der Waals surface area contributed by atoms with Crippen molar-refractivity contribution in [2.45, 2.75) is 51.9 Å². The molecule has 1 aromatic carbocycles. The molecule has 0 amide bonds. The van der Waals surface area contributed by atoms with Gasteiger partial charge in [0.15, 0.2) is 0 Å². The maximum atomic E-state index is 2.38. The highest BCUT2D eigenvalue weighted by Gasteiger charge is 2.23. The summed E-state index contributed by atoms with van der Waals surface area (Å²) >= 11 is 1.89. The van der Waals surface area contributed by atoms with Gasteiger partial charge in [-0.05, 0) is 39.8 Å². The van der Waals surface area contributed by atoms with Crippen LogP contribution in [0.4, 0.5) is 0 Å². The molecule has 2 aromatic rings. The van der Waals surface area contributed by atoms with E-state index in [1.807, 2.05) is 11.3 Å². The molecule has 2 rings (SSSR count). The van der Waals surface area contributed by atoms with Crippen LogP contribution in [0, 0.1) is 0 Å². The first kappa shape index (κ1) is 14.3. The summed E-state index contributed by atoms with van der Waals surface area (Å²) in [5.74, 6) is 0. The van der Waals surface area contributed by atoms with E-state index in [4.69, 9.17) is 0 Å². The van der Waals surface area contributed by atoms with Crippen molar-refractivity contribution in [1.29, 1.82) is 0 Å². The van der Waals surface area contributed by atoms with E-state index in [0.29, 0.717) is 0 Å². The standard InChI is InChI=1S/C18H24S/c1-17(2,3)16-11-14(13-19-16)12-18(4,5)15-9-7-6-8-10-15/h6-11,13H,12H2,1-5H3. The van der Waals surface area contributed by atoms with E-state index in [1.165, 1.54) is 16.0 Å². The van der Waals surface area contributed by atoms with Crippen LogP contribution < -0.4 is 0 Å². The number of rotatable bonds is 3. The van der Waals surface area contributed by atoms with Gasteiger partial charge in [-0.2, -0.15) is 0 Å². The average molecular weight is 272 g/mol. The van der Waals surface area contributed by atoms with Gasteiger partial charge in [0.05, 0.1) is 0 Å². The molecular formula is C18H24S. The molecule has 1 aromatic heterocycles. The predicted molar refractivity (Wildman–Crippen MR) is 86.2 cm³/mol. The predicted octanol–water partition coefficient (Wildman–Crippen LogP) is 5.57. The minimum Gasteiger partial charge on any atom is -0.148 e. The Morgan fingerprint density at radius 2 is 1.58 bits per heavy atom. The maximum Gasteiger partial charge on any atom is 0.0102 e. The van der Waals surface area contributed by atoms with E-state index in [9.17, 15) is 0 Å². The summed E-state index contributed by atoms with van der Waals surface area (Å²) in [5, 5.41) is 2.32. The topological polar surface area (TPSA) is 0 Å². The van der Waals surface area contributed by atoms with Gasteiger partial charge < -0.3 is 0 Å². The molecule has 0 nitrogen and oxygen atoms in total. The maximum absolute atomic E-state index is 2.38. The lowest BCUT2D eigenvalue weighted by Crippen LogP contribution is -2.20. The minimum atomic E-state index is 0.192. The summed E-state index contributed by atoms with van der Waals surface area (Å²) in [5.41, 5.74) is 3.33. The summed E-state index contributed by atoms with van der Waals surface area (Å²) < 4.78 is 0. The SMILES string of the molecule is CC(C)(C)c1cc(CC(C)(C)c2ccccc2)cs1. The minimum absolute atomic E-state index is 0.192. The first-order chi connectivity index (χ1) is 8.79. The van der Waals surface area contributed by atoms with Crippen molar-refractivity contribution in [3.8, 4) is 0 Å². The van der Waals surface area contributed by atoms with Gasteiger partial charge in [0.1, 0.15) is 0 Å². The Bertz CT molecular complexity index is 526. The van der Waals surface area contributed by atoms with Crippen molar-refractivity contribution in [2.75, 3.05) is 0 Å². The number of thiophene rings is 1. The Kier molecular flexibility index (Phi) is 3.87. The number of benzene rings is 1. The van der Waals surface area contributed by atoms with Crippen molar-refractivity contribution >= 4 is 11.3 Å². The zero-order valence-electron chi connectivity index (χ0n) is 12.7. The lowest BCUT2D eigenvalue weighted by molar-refractivity contribution is 0.522. The van der Waals surface area contributed by atoms with E-state index in [-0.39, 0.29) is 10.8 Å². The molecule has 0 bridgehead atoms. The first-order valence-corrected chi connectivity index (χ1v) is 7.80. The first-order valence-electron chi connectivity index (χ1n) is 6.92.